The van der Waals surface area contributed by atoms with Crippen LogP contribution in [0.15, 0.2) is 58.7 Å². The molecule has 1 N–H and O–H groups in total. The molecule has 154 valence electrons. The summed E-state index contributed by atoms with van der Waals surface area (Å²) in [4.78, 5) is 16.8. The lowest BCUT2D eigenvalue weighted by Gasteiger charge is -2.32. The predicted molar refractivity (Wildman–Crippen MR) is 112 cm³/mol. The van der Waals surface area contributed by atoms with Gasteiger partial charge in [-0.2, -0.15) is 9.41 Å². The van der Waals surface area contributed by atoms with E-state index in [0.29, 0.717) is 5.69 Å². The molecule has 1 aromatic carbocycles. The van der Waals surface area contributed by atoms with E-state index in [4.69, 9.17) is 0 Å². The fourth-order valence-corrected chi connectivity index (χ4v) is 5.07. The van der Waals surface area contributed by atoms with E-state index in [1.165, 1.54) is 10.5 Å². The van der Waals surface area contributed by atoms with Crippen LogP contribution in [0.5, 0.6) is 0 Å². The third-order valence-electron chi connectivity index (χ3n) is 4.98. The zero-order valence-corrected chi connectivity index (χ0v) is 17.3. The van der Waals surface area contributed by atoms with Gasteiger partial charge in [0.2, 0.25) is 10.0 Å². The third-order valence-corrected chi connectivity index (χ3v) is 6.90. The number of aryl methyl sites for hydroxylation is 1. The Morgan fingerprint density at radius 3 is 2.55 bits per heavy atom. The molecule has 1 aliphatic carbocycles. The highest BCUT2D eigenvalue weighted by Crippen LogP contribution is 2.27. The van der Waals surface area contributed by atoms with Crippen LogP contribution in [0.2, 0.25) is 0 Å². The topological polar surface area (TPSA) is 91.7 Å². The van der Waals surface area contributed by atoms with Gasteiger partial charge in [-0.1, -0.05) is 43.0 Å². The van der Waals surface area contributed by atoms with E-state index in [0.717, 1.165) is 37.7 Å². The van der Waals surface area contributed by atoms with Gasteiger partial charge in [0, 0.05) is 12.2 Å². The Hall–Kier alpha value is -2.58. The number of aromatic nitrogens is 1. The second kappa shape index (κ2) is 9.76. The number of carbonyl (C=O) groups is 1. The lowest BCUT2D eigenvalue weighted by atomic mass is 9.95. The lowest BCUT2D eigenvalue weighted by molar-refractivity contribution is -0.121. The number of hydrogen-bond donors (Lipinski definition) is 1. The van der Waals surface area contributed by atoms with Gasteiger partial charge in [-0.25, -0.2) is 13.8 Å². The normalized spacial score (nSPS) is 15.7. The van der Waals surface area contributed by atoms with Crippen LogP contribution < -0.4 is 5.43 Å². The number of amides is 1. The minimum Gasteiger partial charge on any atom is -0.272 e. The molecular formula is C21H26N4O3S. The third kappa shape index (κ3) is 5.71. The Bertz CT molecular complexity index is 938. The van der Waals surface area contributed by atoms with E-state index < -0.39 is 15.9 Å². The van der Waals surface area contributed by atoms with E-state index in [9.17, 15) is 13.2 Å². The molecule has 1 aliphatic rings. The Morgan fingerprint density at radius 1 is 1.17 bits per heavy atom. The molecule has 1 fully saturated rings. The molecule has 1 saturated carbocycles. The largest absolute Gasteiger partial charge is 0.272 e. The molecule has 8 heteroatoms. The van der Waals surface area contributed by atoms with E-state index in [-0.39, 0.29) is 17.5 Å². The van der Waals surface area contributed by atoms with Crippen LogP contribution in [0.25, 0.3) is 0 Å². The second-order valence-electron chi connectivity index (χ2n) is 7.20. The number of hydrazone groups is 1. The SMILES string of the molecule is Cc1ccc(S(=O)(=O)N(CC(=O)N/N=C\c2ccccn2)C2CCCCC2)cc1. The summed E-state index contributed by atoms with van der Waals surface area (Å²) in [5, 5.41) is 3.90. The van der Waals surface area contributed by atoms with Gasteiger partial charge < -0.3 is 0 Å². The van der Waals surface area contributed by atoms with Gasteiger partial charge >= 0.3 is 0 Å². The summed E-state index contributed by atoms with van der Waals surface area (Å²) in [6.07, 6.45) is 7.59. The highest BCUT2D eigenvalue weighted by molar-refractivity contribution is 7.89. The quantitative estimate of drug-likeness (QED) is 0.557. The second-order valence-corrected chi connectivity index (χ2v) is 9.09. The summed E-state index contributed by atoms with van der Waals surface area (Å²) in [7, 11) is -3.78. The molecule has 1 aromatic heterocycles. The first kappa shape index (κ1) is 21.1. The summed E-state index contributed by atoms with van der Waals surface area (Å²) in [6, 6.07) is 11.9. The summed E-state index contributed by atoms with van der Waals surface area (Å²) in [5.74, 6) is -0.474. The number of nitrogens with zero attached hydrogens (tertiary/aromatic N) is 3. The van der Waals surface area contributed by atoms with Gasteiger partial charge in [0.05, 0.1) is 23.3 Å². The maximum absolute atomic E-state index is 13.3. The van der Waals surface area contributed by atoms with Gasteiger partial charge in [0.25, 0.3) is 5.91 Å². The van der Waals surface area contributed by atoms with Gasteiger partial charge in [-0.15, -0.1) is 0 Å². The van der Waals surface area contributed by atoms with Crippen LogP contribution in [0, 0.1) is 6.92 Å². The average molecular weight is 415 g/mol. The van der Waals surface area contributed by atoms with E-state index in [1.807, 2.05) is 13.0 Å². The number of carbonyl (C=O) groups excluding carboxylic acids is 1. The number of hydrogen-bond acceptors (Lipinski definition) is 5. The number of pyridine rings is 1. The van der Waals surface area contributed by atoms with Crippen molar-refractivity contribution in [3.05, 3.63) is 59.9 Å². The smallest absolute Gasteiger partial charge is 0.255 e. The van der Waals surface area contributed by atoms with Crippen LogP contribution in [-0.4, -0.2) is 42.4 Å². The molecule has 7 nitrogen and oxygen atoms in total. The fraction of sp³-hybridized carbons (Fsp3) is 0.381. The first-order valence-corrected chi connectivity index (χ1v) is 11.2. The summed E-state index contributed by atoms with van der Waals surface area (Å²) in [5.41, 5.74) is 4.00. The van der Waals surface area contributed by atoms with Crippen molar-refractivity contribution in [1.29, 1.82) is 0 Å². The lowest BCUT2D eigenvalue weighted by Crippen LogP contribution is -2.46. The van der Waals surface area contributed by atoms with Crippen molar-refractivity contribution in [2.75, 3.05) is 6.54 Å². The molecule has 29 heavy (non-hydrogen) atoms. The molecule has 3 rings (SSSR count). The highest BCUT2D eigenvalue weighted by atomic mass is 32.2. The molecule has 2 aromatic rings. The van der Waals surface area contributed by atoms with Crippen LogP contribution in [0.3, 0.4) is 0 Å². The van der Waals surface area contributed by atoms with Crippen molar-refractivity contribution in [2.45, 2.75) is 50.0 Å². The van der Waals surface area contributed by atoms with E-state index in [1.54, 1.807) is 42.6 Å². The van der Waals surface area contributed by atoms with Gasteiger partial charge in [0.1, 0.15) is 0 Å². The Kier molecular flexibility index (Phi) is 7.11. The monoisotopic (exact) mass is 414 g/mol. The van der Waals surface area contributed by atoms with Crippen LogP contribution in [0.1, 0.15) is 43.4 Å². The first-order valence-electron chi connectivity index (χ1n) is 9.78. The maximum atomic E-state index is 13.3. The number of nitrogens with one attached hydrogen (secondary N) is 1. The zero-order chi connectivity index (χ0) is 20.7. The van der Waals surface area contributed by atoms with Crippen LogP contribution in [-0.2, 0) is 14.8 Å². The highest BCUT2D eigenvalue weighted by Gasteiger charge is 2.33. The van der Waals surface area contributed by atoms with E-state index >= 15 is 0 Å². The van der Waals surface area contributed by atoms with Crippen LogP contribution >= 0.6 is 0 Å². The Morgan fingerprint density at radius 2 is 1.90 bits per heavy atom. The number of sulfonamides is 1. The minimum absolute atomic E-state index is 0.180. The summed E-state index contributed by atoms with van der Waals surface area (Å²) in [6.45, 7) is 1.64. The molecule has 0 spiro atoms. The van der Waals surface area contributed by atoms with Crippen molar-refractivity contribution < 1.29 is 13.2 Å². The molecule has 0 saturated heterocycles. The molecule has 0 unspecified atom stereocenters. The van der Waals surface area contributed by atoms with Crippen molar-refractivity contribution >= 4 is 22.1 Å². The summed E-state index contributed by atoms with van der Waals surface area (Å²) >= 11 is 0. The Balaban J connectivity index is 1.75. The minimum atomic E-state index is -3.78. The van der Waals surface area contributed by atoms with Crippen molar-refractivity contribution in [3.63, 3.8) is 0 Å². The number of rotatable bonds is 7. The van der Waals surface area contributed by atoms with Crippen molar-refractivity contribution in [1.82, 2.24) is 14.7 Å². The molecule has 0 bridgehead atoms. The zero-order valence-electron chi connectivity index (χ0n) is 16.5. The average Bonchev–Trinajstić information content (AvgIpc) is 2.73. The molecule has 0 atom stereocenters. The van der Waals surface area contributed by atoms with Crippen LogP contribution in [0.4, 0.5) is 0 Å². The van der Waals surface area contributed by atoms with Gasteiger partial charge in [-0.05, 0) is 44.0 Å². The standard InChI is InChI=1S/C21H26N4O3S/c1-17-10-12-20(13-11-17)29(27,28)25(19-8-3-2-4-9-19)16-21(26)24-23-15-18-7-5-6-14-22-18/h5-7,10-15,19H,2-4,8-9,16H2,1H3,(H,24,26)/b23-15-. The molecular weight excluding hydrogens is 388 g/mol. The molecule has 0 aliphatic heterocycles. The Labute approximate surface area is 171 Å². The predicted octanol–water partition coefficient (Wildman–Crippen LogP) is 2.86. The van der Waals surface area contributed by atoms with E-state index in [2.05, 4.69) is 15.5 Å². The van der Waals surface area contributed by atoms with Crippen molar-refractivity contribution in [2.24, 2.45) is 5.10 Å². The van der Waals surface area contributed by atoms with Gasteiger partial charge in [0.15, 0.2) is 0 Å². The molecule has 1 heterocycles. The van der Waals surface area contributed by atoms with Crippen molar-refractivity contribution in [3.8, 4) is 0 Å². The first-order chi connectivity index (χ1) is 14.0. The number of benzene rings is 1. The molecule has 0 radical (unpaired) electrons. The maximum Gasteiger partial charge on any atom is 0.255 e. The fourth-order valence-electron chi connectivity index (χ4n) is 3.42. The molecule has 1 amide bonds. The summed E-state index contributed by atoms with van der Waals surface area (Å²) < 4.78 is 27.9. The van der Waals surface area contributed by atoms with Gasteiger partial charge in [-0.3, -0.25) is 9.78 Å².